The Morgan fingerprint density at radius 2 is 2.08 bits per heavy atom. The van der Waals surface area contributed by atoms with E-state index in [0.29, 0.717) is 6.04 Å². The second-order valence-corrected chi connectivity index (χ2v) is 4.13. The van der Waals surface area contributed by atoms with Crippen molar-refractivity contribution >= 4 is 22.6 Å². The van der Waals surface area contributed by atoms with E-state index >= 15 is 0 Å². The molecule has 1 aromatic rings. The molecule has 0 atom stereocenters. The summed E-state index contributed by atoms with van der Waals surface area (Å²) in [5.74, 6) is 0. The van der Waals surface area contributed by atoms with Crippen molar-refractivity contribution in [2.24, 2.45) is 0 Å². The Kier molecular flexibility index (Phi) is 3.55. The van der Waals surface area contributed by atoms with Crippen molar-refractivity contribution in [1.82, 2.24) is 9.78 Å². The molecule has 1 rings (SSSR count). The highest BCUT2D eigenvalue weighted by Gasteiger charge is 2.09. The summed E-state index contributed by atoms with van der Waals surface area (Å²) in [6, 6.07) is 2.70. The van der Waals surface area contributed by atoms with E-state index in [4.69, 9.17) is 0 Å². The molecule has 1 aromatic heterocycles. The van der Waals surface area contributed by atoms with Gasteiger partial charge in [-0.2, -0.15) is 5.10 Å². The summed E-state index contributed by atoms with van der Waals surface area (Å²) in [5.41, 5.74) is 1.27. The second kappa shape index (κ2) is 4.25. The van der Waals surface area contributed by atoms with Crippen LogP contribution in [0, 0.1) is 10.6 Å². The molecule has 1 heterocycles. The predicted octanol–water partition coefficient (Wildman–Crippen LogP) is 3.16. The Labute approximate surface area is 87.5 Å². The van der Waals surface area contributed by atoms with Crippen LogP contribution in [0.4, 0.5) is 0 Å². The second-order valence-electron chi connectivity index (χ2n) is 3.02. The molecule has 0 aromatic carbocycles. The lowest BCUT2D eigenvalue weighted by molar-refractivity contribution is 0.418. The van der Waals surface area contributed by atoms with E-state index in [1.807, 2.05) is 0 Å². The molecule has 0 saturated carbocycles. The topological polar surface area (TPSA) is 17.8 Å². The summed E-state index contributed by atoms with van der Waals surface area (Å²) >= 11 is 2.26. The fraction of sp³-hybridized carbons (Fsp3) is 0.667. The summed E-state index contributed by atoms with van der Waals surface area (Å²) in [7, 11) is 0. The van der Waals surface area contributed by atoms with Gasteiger partial charge in [-0.25, -0.2) is 0 Å². The number of aryl methyl sites for hydroxylation is 1. The van der Waals surface area contributed by atoms with E-state index in [2.05, 4.69) is 59.2 Å². The molecule has 0 saturated heterocycles. The van der Waals surface area contributed by atoms with Crippen LogP contribution in [0.25, 0.3) is 0 Å². The molecule has 2 nitrogen and oxygen atoms in total. The Morgan fingerprint density at radius 3 is 2.42 bits per heavy atom. The number of hydrogen-bond acceptors (Lipinski definition) is 1. The number of hydrogen-bond donors (Lipinski definition) is 0. The van der Waals surface area contributed by atoms with E-state index in [1.165, 1.54) is 5.69 Å². The minimum Gasteiger partial charge on any atom is -0.266 e. The van der Waals surface area contributed by atoms with Gasteiger partial charge in [-0.3, -0.25) is 4.68 Å². The lowest BCUT2D eigenvalue weighted by Gasteiger charge is -2.14. The maximum Gasteiger partial charge on any atom is 0.123 e. The van der Waals surface area contributed by atoms with Crippen LogP contribution in [0.2, 0.25) is 0 Å². The first-order valence-corrected chi connectivity index (χ1v) is 5.48. The van der Waals surface area contributed by atoms with Crippen LogP contribution in [0.5, 0.6) is 0 Å². The summed E-state index contributed by atoms with van der Waals surface area (Å²) in [6.45, 7) is 6.54. The Morgan fingerprint density at radius 1 is 1.50 bits per heavy atom. The van der Waals surface area contributed by atoms with Gasteiger partial charge in [0.2, 0.25) is 0 Å². The highest BCUT2D eigenvalue weighted by molar-refractivity contribution is 14.1. The molecule has 68 valence electrons. The maximum atomic E-state index is 4.46. The number of halogens is 1. The minimum absolute atomic E-state index is 0.577. The molecule has 12 heavy (non-hydrogen) atoms. The van der Waals surface area contributed by atoms with E-state index in [9.17, 15) is 0 Å². The zero-order chi connectivity index (χ0) is 9.14. The summed E-state index contributed by atoms with van der Waals surface area (Å²) in [4.78, 5) is 0. The first-order valence-electron chi connectivity index (χ1n) is 4.40. The van der Waals surface area contributed by atoms with Crippen molar-refractivity contribution < 1.29 is 0 Å². The third kappa shape index (κ3) is 2.00. The lowest BCUT2D eigenvalue weighted by atomic mass is 10.2. The van der Waals surface area contributed by atoms with E-state index in [1.54, 1.807) is 0 Å². The average molecular weight is 278 g/mol. The van der Waals surface area contributed by atoms with Crippen LogP contribution in [-0.4, -0.2) is 9.78 Å². The van der Waals surface area contributed by atoms with Crippen molar-refractivity contribution in [3.63, 3.8) is 0 Å². The van der Waals surface area contributed by atoms with Crippen LogP contribution in [-0.2, 0) is 0 Å². The maximum absolute atomic E-state index is 4.46. The van der Waals surface area contributed by atoms with Crippen LogP contribution < -0.4 is 0 Å². The smallest absolute Gasteiger partial charge is 0.123 e. The van der Waals surface area contributed by atoms with Crippen molar-refractivity contribution in [3.8, 4) is 0 Å². The minimum atomic E-state index is 0.577. The van der Waals surface area contributed by atoms with Gasteiger partial charge in [-0.15, -0.1) is 0 Å². The van der Waals surface area contributed by atoms with Crippen LogP contribution in [0.1, 0.15) is 38.4 Å². The largest absolute Gasteiger partial charge is 0.266 e. The average Bonchev–Trinajstić information content (AvgIpc) is 2.34. The highest BCUT2D eigenvalue weighted by Crippen LogP contribution is 2.18. The van der Waals surface area contributed by atoms with Gasteiger partial charge in [0, 0.05) is 5.69 Å². The normalized spacial score (nSPS) is 11.1. The zero-order valence-electron chi connectivity index (χ0n) is 7.84. The standard InChI is InChI=1S/C9H15IN2/c1-4-8(5-2)12-7(3)6-9(10)11-12/h6,8H,4-5H2,1-3H3. The van der Waals surface area contributed by atoms with Crippen LogP contribution in [0.15, 0.2) is 6.07 Å². The third-order valence-electron chi connectivity index (χ3n) is 2.18. The fourth-order valence-electron chi connectivity index (χ4n) is 1.45. The molecular formula is C9H15IN2. The quantitative estimate of drug-likeness (QED) is 0.776. The summed E-state index contributed by atoms with van der Waals surface area (Å²) in [5, 5.41) is 4.46. The molecule has 0 spiro atoms. The van der Waals surface area contributed by atoms with Crippen molar-refractivity contribution in [2.45, 2.75) is 39.7 Å². The Bertz CT molecular complexity index is 251. The molecule has 0 unspecified atom stereocenters. The first kappa shape index (κ1) is 10.0. The van der Waals surface area contributed by atoms with Gasteiger partial charge in [0.05, 0.1) is 6.04 Å². The summed E-state index contributed by atoms with van der Waals surface area (Å²) in [6.07, 6.45) is 2.32. The summed E-state index contributed by atoms with van der Waals surface area (Å²) < 4.78 is 3.24. The molecule has 3 heteroatoms. The van der Waals surface area contributed by atoms with E-state index < -0.39 is 0 Å². The van der Waals surface area contributed by atoms with Crippen molar-refractivity contribution in [1.29, 1.82) is 0 Å². The Hall–Kier alpha value is -0.0600. The fourth-order valence-corrected chi connectivity index (χ4v) is 2.14. The Balaban J connectivity index is 2.91. The SMILES string of the molecule is CCC(CC)n1nc(I)cc1C. The molecule has 0 aliphatic rings. The van der Waals surface area contributed by atoms with Gasteiger partial charge < -0.3 is 0 Å². The molecule has 0 aliphatic heterocycles. The molecule has 0 amide bonds. The van der Waals surface area contributed by atoms with Crippen molar-refractivity contribution in [2.75, 3.05) is 0 Å². The molecule has 0 fully saturated rings. The number of aromatic nitrogens is 2. The molecule has 0 bridgehead atoms. The van der Waals surface area contributed by atoms with Gasteiger partial charge in [0.25, 0.3) is 0 Å². The van der Waals surface area contributed by atoms with Gasteiger partial charge in [0.15, 0.2) is 0 Å². The van der Waals surface area contributed by atoms with Gasteiger partial charge in [-0.1, -0.05) is 13.8 Å². The van der Waals surface area contributed by atoms with Gasteiger partial charge >= 0.3 is 0 Å². The molecule has 0 aliphatic carbocycles. The predicted molar refractivity (Wildman–Crippen MR) is 59.3 cm³/mol. The number of rotatable bonds is 3. The molecule has 0 radical (unpaired) electrons. The van der Waals surface area contributed by atoms with E-state index in [0.717, 1.165) is 16.5 Å². The van der Waals surface area contributed by atoms with Crippen molar-refractivity contribution in [3.05, 3.63) is 15.5 Å². The molecular weight excluding hydrogens is 263 g/mol. The lowest BCUT2D eigenvalue weighted by Crippen LogP contribution is -2.10. The van der Waals surface area contributed by atoms with Gasteiger partial charge in [-0.05, 0) is 48.4 Å². The van der Waals surface area contributed by atoms with E-state index in [-0.39, 0.29) is 0 Å². The first-order chi connectivity index (χ1) is 5.69. The monoisotopic (exact) mass is 278 g/mol. The zero-order valence-corrected chi connectivity index (χ0v) is 10.00. The molecule has 0 N–H and O–H groups in total. The highest BCUT2D eigenvalue weighted by atomic mass is 127. The van der Waals surface area contributed by atoms with Crippen LogP contribution in [0.3, 0.4) is 0 Å². The van der Waals surface area contributed by atoms with Gasteiger partial charge in [0.1, 0.15) is 3.70 Å². The number of nitrogens with zero attached hydrogens (tertiary/aromatic N) is 2. The third-order valence-corrected chi connectivity index (χ3v) is 2.71. The van der Waals surface area contributed by atoms with Crippen LogP contribution >= 0.6 is 22.6 Å².